The number of anilines is 1. The van der Waals surface area contributed by atoms with E-state index in [-0.39, 0.29) is 28.0 Å². The number of H-pyrrole nitrogens is 1. The van der Waals surface area contributed by atoms with Gasteiger partial charge in [-0.1, -0.05) is 0 Å². The number of alkyl halides is 3. The number of hydrogen-bond acceptors (Lipinski definition) is 4. The lowest BCUT2D eigenvalue weighted by Crippen LogP contribution is -2.25. The minimum Gasteiger partial charge on any atom is -0.341 e. The number of carbonyl (C=O) groups excluding carboxylic acids is 1. The van der Waals surface area contributed by atoms with Gasteiger partial charge >= 0.3 is 12.2 Å². The molecule has 0 aliphatic carbocycles. The van der Waals surface area contributed by atoms with Gasteiger partial charge < -0.3 is 10.7 Å². The number of carbonyl (C=O) groups is 1. The highest BCUT2D eigenvalue weighted by molar-refractivity contribution is 6.04. The lowest BCUT2D eigenvalue weighted by atomic mass is 10.2. The van der Waals surface area contributed by atoms with Crippen molar-refractivity contribution in [3.05, 3.63) is 51.9 Å². The molecule has 0 saturated heterocycles. The quantitative estimate of drug-likeness (QED) is 0.525. The van der Waals surface area contributed by atoms with Crippen LogP contribution in [0.3, 0.4) is 0 Å². The largest absolute Gasteiger partial charge is 0.416 e. The van der Waals surface area contributed by atoms with Crippen LogP contribution in [0, 0.1) is 5.41 Å². The predicted molar refractivity (Wildman–Crippen MR) is 92.7 cm³/mol. The van der Waals surface area contributed by atoms with Crippen LogP contribution in [-0.2, 0) is 6.18 Å². The molecule has 0 radical (unpaired) electrons. The van der Waals surface area contributed by atoms with Crippen LogP contribution in [0.1, 0.15) is 11.1 Å². The summed E-state index contributed by atoms with van der Waals surface area (Å²) in [5.74, 6) is 0.0534. The summed E-state index contributed by atoms with van der Waals surface area (Å²) in [6.45, 7) is 0. The highest BCUT2D eigenvalue weighted by Gasteiger charge is 2.30. The second kappa shape index (κ2) is 6.59. The summed E-state index contributed by atoms with van der Waals surface area (Å²) in [4.78, 5) is 28.0. The third-order valence-corrected chi connectivity index (χ3v) is 3.83. The Morgan fingerprint density at radius 2 is 1.96 bits per heavy atom. The molecule has 0 aliphatic rings. The van der Waals surface area contributed by atoms with E-state index in [0.717, 1.165) is 35.2 Å². The summed E-state index contributed by atoms with van der Waals surface area (Å²) in [5, 5.41) is 15.2. The van der Waals surface area contributed by atoms with Gasteiger partial charge in [-0.2, -0.15) is 13.2 Å². The lowest BCUT2D eigenvalue weighted by Gasteiger charge is -2.08. The number of amides is 2. The Morgan fingerprint density at radius 3 is 2.52 bits per heavy atom. The molecular weight excluding hydrogens is 365 g/mol. The van der Waals surface area contributed by atoms with E-state index in [9.17, 15) is 22.8 Å². The van der Waals surface area contributed by atoms with Crippen molar-refractivity contribution in [1.82, 2.24) is 20.1 Å². The number of rotatable bonds is 3. The van der Waals surface area contributed by atoms with E-state index in [0.29, 0.717) is 0 Å². The molecule has 0 aliphatic heterocycles. The van der Waals surface area contributed by atoms with Crippen LogP contribution in [0.25, 0.3) is 16.6 Å². The van der Waals surface area contributed by atoms with Crippen LogP contribution in [0.2, 0.25) is 0 Å². The fourth-order valence-corrected chi connectivity index (χ4v) is 2.48. The van der Waals surface area contributed by atoms with E-state index in [4.69, 9.17) is 5.41 Å². The number of aromatic nitrogens is 3. The minimum atomic E-state index is -4.48. The summed E-state index contributed by atoms with van der Waals surface area (Å²) in [5.41, 5.74) is -0.836. The van der Waals surface area contributed by atoms with Crippen molar-refractivity contribution in [3.8, 4) is 5.69 Å². The third-order valence-electron chi connectivity index (χ3n) is 3.83. The number of nitrogens with one attached hydrogen (secondary N) is 4. The van der Waals surface area contributed by atoms with Crippen LogP contribution in [-0.4, -0.2) is 34.1 Å². The molecule has 3 aromatic rings. The molecule has 27 heavy (non-hydrogen) atoms. The van der Waals surface area contributed by atoms with Gasteiger partial charge in [-0.3, -0.25) is 15.2 Å². The number of fused-ring (bicyclic) bond motifs is 1. The number of hydrogen-bond donors (Lipinski definition) is 4. The zero-order valence-corrected chi connectivity index (χ0v) is 13.8. The normalized spacial score (nSPS) is 11.4. The van der Waals surface area contributed by atoms with Crippen LogP contribution in [0.15, 0.2) is 35.3 Å². The third kappa shape index (κ3) is 3.26. The molecular formula is C16H13F3N6O2. The number of aromatic amines is 1. The van der Waals surface area contributed by atoms with E-state index >= 15 is 0 Å². The smallest absolute Gasteiger partial charge is 0.341 e. The van der Waals surface area contributed by atoms with Gasteiger partial charge in [0.1, 0.15) is 5.82 Å². The Hall–Kier alpha value is -3.63. The first kappa shape index (κ1) is 18.2. The van der Waals surface area contributed by atoms with Gasteiger partial charge in [0.25, 0.3) is 5.56 Å². The molecule has 2 aromatic heterocycles. The first-order valence-corrected chi connectivity index (χ1v) is 7.57. The van der Waals surface area contributed by atoms with E-state index in [1.165, 1.54) is 13.2 Å². The summed E-state index contributed by atoms with van der Waals surface area (Å²) in [6.07, 6.45) is -2.36. The second-order valence-electron chi connectivity index (χ2n) is 5.45. The molecule has 1 aromatic carbocycles. The molecule has 140 valence electrons. The highest BCUT2D eigenvalue weighted by atomic mass is 19.4. The Kier molecular flexibility index (Phi) is 4.44. The van der Waals surface area contributed by atoms with Crippen LogP contribution in [0.4, 0.5) is 23.8 Å². The molecule has 3 rings (SSSR count). The number of benzene rings is 1. The number of urea groups is 1. The maximum absolute atomic E-state index is 12.7. The summed E-state index contributed by atoms with van der Waals surface area (Å²) in [7, 11) is 1.40. The average Bonchev–Trinajstić information content (AvgIpc) is 2.97. The van der Waals surface area contributed by atoms with Crippen molar-refractivity contribution in [2.75, 3.05) is 12.4 Å². The number of halogens is 3. The molecule has 0 fully saturated rings. The van der Waals surface area contributed by atoms with Crippen molar-refractivity contribution < 1.29 is 18.0 Å². The summed E-state index contributed by atoms with van der Waals surface area (Å²) < 4.78 is 39.1. The lowest BCUT2D eigenvalue weighted by molar-refractivity contribution is -0.137. The average molecular weight is 378 g/mol. The predicted octanol–water partition coefficient (Wildman–Crippen LogP) is 2.48. The molecule has 11 heteroatoms. The van der Waals surface area contributed by atoms with Crippen molar-refractivity contribution in [1.29, 1.82) is 5.41 Å². The Bertz CT molecular complexity index is 1080. The van der Waals surface area contributed by atoms with E-state index in [1.807, 2.05) is 0 Å². The van der Waals surface area contributed by atoms with Gasteiger partial charge in [0.15, 0.2) is 0 Å². The Labute approximate surface area is 149 Å². The van der Waals surface area contributed by atoms with Crippen LogP contribution in [0.5, 0.6) is 0 Å². The topological polar surface area (TPSA) is 116 Å². The summed E-state index contributed by atoms with van der Waals surface area (Å²) in [6, 6.07) is 3.47. The standard InChI is InChI=1S/C16H13F3N6O2/c1-21-15(27)23-13-10(6-20)12-11(7-22-13)14(26)25(24-12)9-4-2-8(3-5-9)16(17,18)19/h2-7,20,24H,1H3,(H2,21,22,23,27). The monoisotopic (exact) mass is 378 g/mol. The molecule has 0 atom stereocenters. The zero-order chi connectivity index (χ0) is 19.8. The van der Waals surface area contributed by atoms with Crippen molar-refractivity contribution >= 4 is 29.0 Å². The fourth-order valence-electron chi connectivity index (χ4n) is 2.48. The number of pyridine rings is 1. The molecule has 4 N–H and O–H groups in total. The molecule has 8 nitrogen and oxygen atoms in total. The van der Waals surface area contributed by atoms with Gasteiger partial charge in [0.05, 0.1) is 27.7 Å². The van der Waals surface area contributed by atoms with E-state index in [2.05, 4.69) is 20.7 Å². The van der Waals surface area contributed by atoms with Crippen molar-refractivity contribution in [3.63, 3.8) is 0 Å². The maximum Gasteiger partial charge on any atom is 0.416 e. The van der Waals surface area contributed by atoms with Gasteiger partial charge in [-0.15, -0.1) is 0 Å². The van der Waals surface area contributed by atoms with E-state index < -0.39 is 23.3 Å². The van der Waals surface area contributed by atoms with Gasteiger partial charge in [-0.05, 0) is 24.3 Å². The zero-order valence-electron chi connectivity index (χ0n) is 13.8. The molecule has 0 spiro atoms. The van der Waals surface area contributed by atoms with E-state index in [1.54, 1.807) is 0 Å². The Morgan fingerprint density at radius 1 is 1.30 bits per heavy atom. The first-order chi connectivity index (χ1) is 12.8. The molecule has 0 saturated carbocycles. The SMILES string of the molecule is CNC(=O)Nc1ncc2c(=O)n(-c3ccc(C(F)(F)F)cc3)[nH]c2c1C=N. The van der Waals surface area contributed by atoms with Crippen molar-refractivity contribution in [2.24, 2.45) is 0 Å². The minimum absolute atomic E-state index is 0.0534. The van der Waals surface area contributed by atoms with Gasteiger partial charge in [0, 0.05) is 19.5 Å². The van der Waals surface area contributed by atoms with Gasteiger partial charge in [-0.25, -0.2) is 14.5 Å². The Balaban J connectivity index is 2.13. The second-order valence-corrected chi connectivity index (χ2v) is 5.45. The first-order valence-electron chi connectivity index (χ1n) is 7.57. The highest BCUT2D eigenvalue weighted by Crippen LogP contribution is 2.29. The molecule has 0 unspecified atom stereocenters. The molecule has 0 bridgehead atoms. The molecule has 2 amide bonds. The van der Waals surface area contributed by atoms with Crippen molar-refractivity contribution in [2.45, 2.75) is 6.18 Å². The molecule has 2 heterocycles. The van der Waals surface area contributed by atoms with Crippen LogP contribution < -0.4 is 16.2 Å². The summed E-state index contributed by atoms with van der Waals surface area (Å²) >= 11 is 0. The van der Waals surface area contributed by atoms with Crippen LogP contribution >= 0.6 is 0 Å². The van der Waals surface area contributed by atoms with Gasteiger partial charge in [0.2, 0.25) is 0 Å². The fraction of sp³-hybridized carbons (Fsp3) is 0.125. The maximum atomic E-state index is 12.7. The number of nitrogens with zero attached hydrogens (tertiary/aromatic N) is 2.